The molecule has 0 aliphatic heterocycles. The molecule has 0 aromatic carbocycles. The summed E-state index contributed by atoms with van der Waals surface area (Å²) in [7, 11) is 0. The van der Waals surface area contributed by atoms with Crippen molar-refractivity contribution in [1.82, 2.24) is 31.9 Å². The third-order valence-corrected chi connectivity index (χ3v) is 23.3. The summed E-state index contributed by atoms with van der Waals surface area (Å²) in [5.74, 6) is 1.99. The first-order chi connectivity index (χ1) is 60.5. The zero-order valence-electron chi connectivity index (χ0n) is 89.1. The molecule has 11 atom stereocenters. The van der Waals surface area contributed by atoms with Crippen LogP contribution in [0.4, 0.5) is 0 Å². The minimum atomic E-state index is -0.495. The van der Waals surface area contributed by atoms with Crippen molar-refractivity contribution in [2.75, 3.05) is 18.6 Å². The van der Waals surface area contributed by atoms with Crippen LogP contribution >= 0.6 is 11.8 Å². The van der Waals surface area contributed by atoms with E-state index in [9.17, 15) is 57.5 Å². The van der Waals surface area contributed by atoms with Gasteiger partial charge < -0.3 is 49.1 Å². The Kier molecular flexibility index (Phi) is 105. The second-order valence-corrected chi connectivity index (χ2v) is 38.6. The molecule has 0 aromatic heterocycles. The van der Waals surface area contributed by atoms with E-state index < -0.39 is 12.1 Å². The van der Waals surface area contributed by atoms with Gasteiger partial charge in [-0.05, 0) is 76.9 Å². The van der Waals surface area contributed by atoms with E-state index in [2.05, 4.69) is 115 Å². The second kappa shape index (κ2) is 96.6. The molecule has 11 unspecified atom stereocenters. The molecule has 0 saturated carbocycles. The number of unbranched alkanes of at least 4 members (excludes halogenated alkanes) is 22. The summed E-state index contributed by atoms with van der Waals surface area (Å²) in [6.07, 6.45) is 47.9. The highest BCUT2D eigenvalue weighted by Gasteiger charge is 2.30. The van der Waals surface area contributed by atoms with E-state index in [4.69, 9.17) is 17.2 Å². The molecule has 0 rings (SSSR count). The molecular formula is C106H213N9O12S. The minimum Gasteiger partial charge on any atom is -0.355 e. The lowest BCUT2D eigenvalue weighted by molar-refractivity contribution is -0.131. The van der Waals surface area contributed by atoms with Crippen molar-refractivity contribution in [2.45, 2.75) is 538 Å². The van der Waals surface area contributed by atoms with E-state index in [0.717, 1.165) is 218 Å². The number of rotatable bonds is 69. The highest BCUT2D eigenvalue weighted by atomic mass is 32.2. The minimum absolute atomic E-state index is 0.00480. The lowest BCUT2D eigenvalue weighted by atomic mass is 9.95. The number of ketones is 6. The van der Waals surface area contributed by atoms with Gasteiger partial charge in [-0.3, -0.25) is 57.5 Å². The maximum Gasteiger partial charge on any atom is 0.237 e. The van der Waals surface area contributed by atoms with Crippen molar-refractivity contribution >= 4 is 81.9 Å². The largest absolute Gasteiger partial charge is 0.355 e. The normalized spacial score (nSPS) is 13.4. The summed E-state index contributed by atoms with van der Waals surface area (Å²) in [6, 6.07) is -2.92. The Morgan fingerprint density at radius 1 is 0.227 bits per heavy atom. The van der Waals surface area contributed by atoms with Gasteiger partial charge >= 0.3 is 0 Å². The molecule has 0 aliphatic rings. The molecule has 128 heavy (non-hydrogen) atoms. The van der Waals surface area contributed by atoms with E-state index in [-0.39, 0.29) is 154 Å². The first-order valence-electron chi connectivity index (χ1n) is 52.3. The van der Waals surface area contributed by atoms with Crippen LogP contribution in [0.25, 0.3) is 0 Å². The van der Waals surface area contributed by atoms with E-state index in [1.54, 1.807) is 18.7 Å². The van der Waals surface area contributed by atoms with Crippen molar-refractivity contribution < 1.29 is 57.5 Å². The molecule has 0 heterocycles. The van der Waals surface area contributed by atoms with E-state index in [0.29, 0.717) is 25.0 Å². The smallest absolute Gasteiger partial charge is 0.237 e. The predicted octanol–water partition coefficient (Wildman–Crippen LogP) is 23.9. The Morgan fingerprint density at radius 3 is 0.680 bits per heavy atom. The SMILES string of the molecule is CCCC.CCCC(NC(=O)CC)C(=O)C(C)C.CCCCCC(C)C(=O)NC(CCCCC)C(=O)C(C)C.CCCCCC(C)C(=O)NC(CCCCC)C(=O)C(C)C.CCCCCC(N)C(=O)NC(CCCCC)C(=O)C(C)C.CCCCCC(N)C(=O)NC(CCCCC)C(=O)C(C)C.CCCCCCNC(=O)C(N)CCCCC.CSCC(C)C(=O)C(C)C. The van der Waals surface area contributed by atoms with Crippen LogP contribution in [-0.2, 0) is 57.5 Å². The van der Waals surface area contributed by atoms with E-state index in [1.807, 2.05) is 117 Å². The fourth-order valence-corrected chi connectivity index (χ4v) is 14.0. The van der Waals surface area contributed by atoms with Gasteiger partial charge in [-0.25, -0.2) is 0 Å². The van der Waals surface area contributed by atoms with Gasteiger partial charge in [0.1, 0.15) is 5.78 Å². The number of nitrogens with one attached hydrogen (secondary N) is 6. The van der Waals surface area contributed by atoms with Gasteiger partial charge in [-0.2, -0.15) is 11.8 Å². The zero-order valence-corrected chi connectivity index (χ0v) is 89.9. The Morgan fingerprint density at radius 2 is 0.453 bits per heavy atom. The summed E-state index contributed by atoms with van der Waals surface area (Å²) in [5, 5.41) is 17.4. The van der Waals surface area contributed by atoms with Crippen molar-refractivity contribution in [2.24, 2.45) is 70.5 Å². The van der Waals surface area contributed by atoms with Gasteiger partial charge in [0.2, 0.25) is 35.4 Å². The highest BCUT2D eigenvalue weighted by molar-refractivity contribution is 7.98. The standard InChI is InChI=1S/2C18H35NO2.2C17H34N2O2.C13H28N2O.C11H21NO2.C8H16OS.C4H10/c2*1-6-8-10-12-15(5)18(21)19-16(13-11-9-7-2)17(20)14(3)4;2*1-5-7-9-11-14(18)17(21)19-15(12-10-8-6-2)16(20)13(3)4;1-3-5-7-9-11-15-13(16)12(14)10-8-6-4-2;1-5-7-9(11(14)8(3)4)12-10(13)6-2;1-6(2)8(9)7(3)5-10-4;1-3-4-2/h2*14-16H,6-13H2,1-5H3,(H,19,21);2*13-15H,5-12,18H2,1-4H3,(H,19,21);12H,3-11,14H2,1-2H3,(H,15,16);8-9H,5-7H2,1-4H3,(H,12,13);6-7H,5H2,1-4H3;3-4H2,1-2H3. The fraction of sp³-hybridized carbons (Fsp3) is 0.887. The zero-order chi connectivity index (χ0) is 99.9. The summed E-state index contributed by atoms with van der Waals surface area (Å²) >= 11 is 1.73. The summed E-state index contributed by atoms with van der Waals surface area (Å²) < 4.78 is 0. The molecule has 22 heteroatoms. The molecule has 0 spiro atoms. The Labute approximate surface area is 793 Å². The predicted molar refractivity (Wildman–Crippen MR) is 549 cm³/mol. The summed E-state index contributed by atoms with van der Waals surface area (Å²) in [5.41, 5.74) is 17.6. The number of hydrogen-bond donors (Lipinski definition) is 9. The van der Waals surface area contributed by atoms with Crippen LogP contribution < -0.4 is 49.1 Å². The number of nitrogens with two attached hydrogens (primary N) is 3. The molecule has 6 amide bonds. The lowest BCUT2D eigenvalue weighted by Crippen LogP contribution is -2.49. The molecule has 0 fully saturated rings. The highest BCUT2D eigenvalue weighted by Crippen LogP contribution is 2.19. The first kappa shape index (κ1) is 138. The molecule has 0 aliphatic carbocycles. The van der Waals surface area contributed by atoms with Crippen LogP contribution in [0.2, 0.25) is 0 Å². The third kappa shape index (κ3) is 84.1. The second-order valence-electron chi connectivity index (χ2n) is 37.6. The van der Waals surface area contributed by atoms with Crippen LogP contribution in [0, 0.1) is 53.3 Å². The Hall–Kier alpha value is -4.93. The summed E-state index contributed by atoms with van der Waals surface area (Å²) in [6.45, 7) is 59.1. The number of thioether (sulfide) groups is 1. The van der Waals surface area contributed by atoms with Crippen LogP contribution in [0.15, 0.2) is 0 Å². The quantitative estimate of drug-likeness (QED) is 0.0255. The van der Waals surface area contributed by atoms with Gasteiger partial charge in [0, 0.05) is 72.0 Å². The van der Waals surface area contributed by atoms with Gasteiger partial charge in [-0.15, -0.1) is 0 Å². The van der Waals surface area contributed by atoms with E-state index >= 15 is 0 Å². The number of hydrogen-bond acceptors (Lipinski definition) is 16. The van der Waals surface area contributed by atoms with Crippen LogP contribution in [0.1, 0.15) is 490 Å². The van der Waals surface area contributed by atoms with Crippen molar-refractivity contribution in [3.8, 4) is 0 Å². The molecule has 760 valence electrons. The van der Waals surface area contributed by atoms with Crippen molar-refractivity contribution in [1.29, 1.82) is 0 Å². The Balaban J connectivity index is -0.000000219. The van der Waals surface area contributed by atoms with Crippen LogP contribution in [0.5, 0.6) is 0 Å². The molecule has 21 nitrogen and oxygen atoms in total. The van der Waals surface area contributed by atoms with Gasteiger partial charge in [0.25, 0.3) is 0 Å². The van der Waals surface area contributed by atoms with Crippen molar-refractivity contribution in [3.63, 3.8) is 0 Å². The Bertz CT molecular complexity index is 2450. The van der Waals surface area contributed by atoms with Gasteiger partial charge in [-0.1, -0.05) is 413 Å². The van der Waals surface area contributed by atoms with Crippen molar-refractivity contribution in [3.05, 3.63) is 0 Å². The molecule has 0 bridgehead atoms. The molecule has 12 N–H and O–H groups in total. The molecule has 0 aromatic rings. The molecule has 0 saturated heterocycles. The number of carbonyl (C=O) groups excluding carboxylic acids is 12. The number of Topliss-reactive ketones (excluding diaryl/α,β-unsaturated/α-hetero) is 6. The molecule has 0 radical (unpaired) electrons. The third-order valence-electron chi connectivity index (χ3n) is 22.5. The average molecular weight is 1840 g/mol. The fourth-order valence-electron chi connectivity index (χ4n) is 13.3. The van der Waals surface area contributed by atoms with E-state index in [1.165, 1.54) is 64.2 Å². The average Bonchev–Trinajstić information content (AvgIpc) is 0.905. The van der Waals surface area contributed by atoms with Crippen LogP contribution in [0.3, 0.4) is 0 Å². The maximum absolute atomic E-state index is 12.2. The number of amides is 6. The number of carbonyl (C=O) groups is 12. The summed E-state index contributed by atoms with van der Waals surface area (Å²) in [4.78, 5) is 143. The first-order valence-corrected chi connectivity index (χ1v) is 53.6. The monoisotopic (exact) mass is 1840 g/mol. The lowest BCUT2D eigenvalue weighted by Gasteiger charge is -2.21. The van der Waals surface area contributed by atoms with Gasteiger partial charge in [0.15, 0.2) is 28.9 Å². The maximum atomic E-state index is 12.2. The molecular weight excluding hydrogens is 1620 g/mol. The topological polar surface area (TPSA) is 355 Å². The van der Waals surface area contributed by atoms with Gasteiger partial charge in [0.05, 0.1) is 48.3 Å². The van der Waals surface area contributed by atoms with Crippen LogP contribution in [-0.4, -0.2) is 137 Å².